The van der Waals surface area contributed by atoms with E-state index in [-0.39, 0.29) is 12.1 Å². The zero-order chi connectivity index (χ0) is 10.4. The topological polar surface area (TPSA) is 35.5 Å². The Hall–Kier alpha value is -0.570. The van der Waals surface area contributed by atoms with Crippen LogP contribution in [-0.2, 0) is 14.3 Å². The minimum atomic E-state index is -0.443. The van der Waals surface area contributed by atoms with Gasteiger partial charge in [-0.3, -0.25) is 4.79 Å². The van der Waals surface area contributed by atoms with Gasteiger partial charge < -0.3 is 9.47 Å². The first-order valence-electron chi connectivity index (χ1n) is 4.80. The molecule has 3 heteroatoms. The second kappa shape index (κ2) is 5.97. The van der Waals surface area contributed by atoms with Crippen molar-refractivity contribution in [3.8, 4) is 0 Å². The molecule has 0 saturated heterocycles. The van der Waals surface area contributed by atoms with Crippen molar-refractivity contribution < 1.29 is 14.3 Å². The van der Waals surface area contributed by atoms with Gasteiger partial charge >= 0.3 is 5.97 Å². The minimum Gasteiger partial charge on any atom is -0.436 e. The summed E-state index contributed by atoms with van der Waals surface area (Å²) in [7, 11) is 0. The second-order valence-electron chi connectivity index (χ2n) is 3.40. The van der Waals surface area contributed by atoms with Crippen molar-refractivity contribution >= 4 is 5.97 Å². The van der Waals surface area contributed by atoms with Crippen molar-refractivity contribution in [3.05, 3.63) is 0 Å². The van der Waals surface area contributed by atoms with E-state index in [2.05, 4.69) is 13.8 Å². The molecule has 0 heterocycles. The quantitative estimate of drug-likeness (QED) is 0.490. The Kier molecular flexibility index (Phi) is 5.71. The summed E-state index contributed by atoms with van der Waals surface area (Å²) in [5.41, 5.74) is 0. The highest BCUT2D eigenvalue weighted by atomic mass is 16.7. The number of ether oxygens (including phenoxy) is 2. The molecule has 0 spiro atoms. The Morgan fingerprint density at radius 1 is 1.31 bits per heavy atom. The van der Waals surface area contributed by atoms with Gasteiger partial charge in [0.2, 0.25) is 0 Å². The van der Waals surface area contributed by atoms with E-state index in [4.69, 9.17) is 9.47 Å². The Morgan fingerprint density at radius 3 is 2.23 bits per heavy atom. The van der Waals surface area contributed by atoms with Crippen LogP contribution in [0.3, 0.4) is 0 Å². The summed E-state index contributed by atoms with van der Waals surface area (Å²) < 4.78 is 10.3. The van der Waals surface area contributed by atoms with Gasteiger partial charge in [-0.05, 0) is 19.8 Å². The van der Waals surface area contributed by atoms with Crippen molar-refractivity contribution in [1.29, 1.82) is 0 Å². The number of carbonyl (C=O) groups excluding carboxylic acids is 1. The van der Waals surface area contributed by atoms with Crippen LogP contribution in [0.25, 0.3) is 0 Å². The summed E-state index contributed by atoms with van der Waals surface area (Å²) in [5.74, 6) is 0.182. The lowest BCUT2D eigenvalue weighted by Crippen LogP contribution is -2.26. The Bertz CT molecular complexity index is 156. The minimum absolute atomic E-state index is 0.124. The predicted octanol–water partition coefficient (Wildman–Crippen LogP) is 2.35. The van der Waals surface area contributed by atoms with Crippen LogP contribution >= 0.6 is 0 Å². The van der Waals surface area contributed by atoms with Crippen LogP contribution < -0.4 is 0 Å². The molecular formula is C10H20O3. The third-order valence-corrected chi connectivity index (χ3v) is 2.18. The first-order chi connectivity index (χ1) is 5.97. The van der Waals surface area contributed by atoms with Crippen LogP contribution in [0.5, 0.6) is 0 Å². The van der Waals surface area contributed by atoms with Gasteiger partial charge in [-0.2, -0.15) is 0 Å². The maximum atomic E-state index is 10.6. The van der Waals surface area contributed by atoms with E-state index in [1.165, 1.54) is 6.92 Å². The highest BCUT2D eigenvalue weighted by molar-refractivity contribution is 5.65. The number of rotatable bonds is 5. The summed E-state index contributed by atoms with van der Waals surface area (Å²) in [4.78, 5) is 10.6. The van der Waals surface area contributed by atoms with Gasteiger partial charge in [0.15, 0.2) is 6.29 Å². The molecule has 13 heavy (non-hydrogen) atoms. The lowest BCUT2D eigenvalue weighted by Gasteiger charge is -2.22. The SMILES string of the molecule is CCC(C)C(C)OC(C)OC(C)=O. The number of hydrogen-bond acceptors (Lipinski definition) is 3. The van der Waals surface area contributed by atoms with Crippen LogP contribution in [0.15, 0.2) is 0 Å². The first-order valence-corrected chi connectivity index (χ1v) is 4.80. The van der Waals surface area contributed by atoms with Gasteiger partial charge in [-0.15, -0.1) is 0 Å². The molecule has 0 fully saturated rings. The molecule has 0 rings (SSSR count). The van der Waals surface area contributed by atoms with Gasteiger partial charge in [-0.25, -0.2) is 0 Å². The smallest absolute Gasteiger partial charge is 0.304 e. The summed E-state index contributed by atoms with van der Waals surface area (Å²) in [6.45, 7) is 9.34. The van der Waals surface area contributed by atoms with E-state index in [9.17, 15) is 4.79 Å². The largest absolute Gasteiger partial charge is 0.436 e. The fraction of sp³-hybridized carbons (Fsp3) is 0.900. The summed E-state index contributed by atoms with van der Waals surface area (Å²) in [6.07, 6.45) is 0.745. The molecule has 0 aliphatic heterocycles. The fourth-order valence-electron chi connectivity index (χ4n) is 1.03. The first kappa shape index (κ1) is 12.4. The Labute approximate surface area is 80.4 Å². The van der Waals surface area contributed by atoms with Gasteiger partial charge in [0.1, 0.15) is 0 Å². The van der Waals surface area contributed by atoms with Crippen molar-refractivity contribution in [1.82, 2.24) is 0 Å². The van der Waals surface area contributed by atoms with E-state index in [1.807, 2.05) is 6.92 Å². The maximum absolute atomic E-state index is 10.6. The lowest BCUT2D eigenvalue weighted by atomic mass is 10.0. The third kappa shape index (κ3) is 5.64. The van der Waals surface area contributed by atoms with E-state index in [0.717, 1.165) is 6.42 Å². The molecular weight excluding hydrogens is 168 g/mol. The molecule has 0 radical (unpaired) electrons. The van der Waals surface area contributed by atoms with Gasteiger partial charge in [-0.1, -0.05) is 20.3 Å². The predicted molar refractivity (Wildman–Crippen MR) is 51.2 cm³/mol. The highest BCUT2D eigenvalue weighted by Gasteiger charge is 2.15. The zero-order valence-electron chi connectivity index (χ0n) is 9.16. The van der Waals surface area contributed by atoms with E-state index >= 15 is 0 Å². The average molecular weight is 188 g/mol. The number of carbonyl (C=O) groups is 1. The summed E-state index contributed by atoms with van der Waals surface area (Å²) in [5, 5.41) is 0. The van der Waals surface area contributed by atoms with E-state index in [1.54, 1.807) is 6.92 Å². The molecule has 3 atom stereocenters. The van der Waals surface area contributed by atoms with Crippen molar-refractivity contribution in [3.63, 3.8) is 0 Å². The molecule has 0 amide bonds. The van der Waals surface area contributed by atoms with Crippen molar-refractivity contribution in [2.45, 2.75) is 53.4 Å². The van der Waals surface area contributed by atoms with Gasteiger partial charge in [0, 0.05) is 6.92 Å². The van der Waals surface area contributed by atoms with Crippen molar-refractivity contribution in [2.75, 3.05) is 0 Å². The molecule has 3 nitrogen and oxygen atoms in total. The van der Waals surface area contributed by atoms with Crippen LogP contribution in [0, 0.1) is 5.92 Å². The number of hydrogen-bond donors (Lipinski definition) is 0. The molecule has 0 aromatic heterocycles. The molecule has 0 aliphatic rings. The Balaban J connectivity index is 3.76. The molecule has 3 unspecified atom stereocenters. The van der Waals surface area contributed by atoms with Crippen LogP contribution in [0.1, 0.15) is 41.0 Å². The molecule has 0 bridgehead atoms. The summed E-state index contributed by atoms with van der Waals surface area (Å²) >= 11 is 0. The third-order valence-electron chi connectivity index (χ3n) is 2.18. The molecule has 0 aromatic carbocycles. The second-order valence-corrected chi connectivity index (χ2v) is 3.40. The van der Waals surface area contributed by atoms with E-state index in [0.29, 0.717) is 5.92 Å². The van der Waals surface area contributed by atoms with Gasteiger partial charge in [0.25, 0.3) is 0 Å². The Morgan fingerprint density at radius 2 is 1.85 bits per heavy atom. The fourth-order valence-corrected chi connectivity index (χ4v) is 1.03. The number of esters is 1. The normalized spacial score (nSPS) is 17.6. The van der Waals surface area contributed by atoms with Crippen LogP contribution in [-0.4, -0.2) is 18.4 Å². The molecule has 0 saturated carbocycles. The molecule has 0 aliphatic carbocycles. The molecule has 0 N–H and O–H groups in total. The molecule has 0 aromatic rings. The maximum Gasteiger partial charge on any atom is 0.304 e. The standard InChI is InChI=1S/C10H20O3/c1-6-7(2)8(3)12-10(5)13-9(4)11/h7-8,10H,6H2,1-5H3. The zero-order valence-corrected chi connectivity index (χ0v) is 9.16. The van der Waals surface area contributed by atoms with Crippen LogP contribution in [0.2, 0.25) is 0 Å². The average Bonchev–Trinajstić information content (AvgIpc) is 2.01. The van der Waals surface area contributed by atoms with Crippen LogP contribution in [0.4, 0.5) is 0 Å². The van der Waals surface area contributed by atoms with E-state index < -0.39 is 6.29 Å². The lowest BCUT2D eigenvalue weighted by molar-refractivity contribution is -0.185. The van der Waals surface area contributed by atoms with Crippen molar-refractivity contribution in [2.24, 2.45) is 5.92 Å². The summed E-state index contributed by atoms with van der Waals surface area (Å²) in [6, 6.07) is 0. The molecule has 78 valence electrons. The highest BCUT2D eigenvalue weighted by Crippen LogP contribution is 2.13. The monoisotopic (exact) mass is 188 g/mol. The van der Waals surface area contributed by atoms with Gasteiger partial charge in [0.05, 0.1) is 6.10 Å².